The summed E-state index contributed by atoms with van der Waals surface area (Å²) in [5.41, 5.74) is 0.233. The molecular weight excluding hydrogens is 354 g/mol. The first-order valence-electron chi connectivity index (χ1n) is 7.99. The number of amides is 1. The van der Waals surface area contributed by atoms with Crippen molar-refractivity contribution in [2.75, 3.05) is 11.1 Å². The number of nitrogens with one attached hydrogen (secondary N) is 2. The standard InChI is InChI=1S/C17H15N5O3S/c23-14-6-7-18-17-21(14)9-11(10-26-17)16(25)19-13-8-15(24)22(20-13)12-4-2-1-3-5-12/h1-8,11,20H,9-10H2,(H,19,25). The molecule has 1 atom stereocenters. The number of anilines is 1. The third-order valence-electron chi connectivity index (χ3n) is 4.08. The number of aromatic nitrogens is 4. The molecule has 0 spiro atoms. The maximum atomic E-state index is 12.6. The van der Waals surface area contributed by atoms with E-state index in [4.69, 9.17) is 0 Å². The van der Waals surface area contributed by atoms with Crippen LogP contribution in [-0.4, -0.2) is 31.0 Å². The van der Waals surface area contributed by atoms with Crippen LogP contribution in [0, 0.1) is 5.92 Å². The summed E-state index contributed by atoms with van der Waals surface area (Å²) in [5.74, 6) is 0.197. The van der Waals surface area contributed by atoms with Gasteiger partial charge in [0.05, 0.1) is 11.6 Å². The molecule has 0 saturated carbocycles. The number of rotatable bonds is 3. The maximum absolute atomic E-state index is 12.6. The third-order valence-corrected chi connectivity index (χ3v) is 5.23. The lowest BCUT2D eigenvalue weighted by atomic mass is 10.1. The summed E-state index contributed by atoms with van der Waals surface area (Å²) in [4.78, 5) is 40.8. The number of H-pyrrole nitrogens is 1. The molecule has 4 rings (SSSR count). The Hall–Kier alpha value is -3.07. The van der Waals surface area contributed by atoms with E-state index in [9.17, 15) is 14.4 Å². The van der Waals surface area contributed by atoms with Crippen LogP contribution < -0.4 is 16.4 Å². The van der Waals surface area contributed by atoms with E-state index in [-0.39, 0.29) is 23.6 Å². The second kappa shape index (κ2) is 6.68. The number of thioether (sulfide) groups is 1. The van der Waals surface area contributed by atoms with Gasteiger partial charge in [-0.15, -0.1) is 0 Å². The van der Waals surface area contributed by atoms with Gasteiger partial charge in [-0.3, -0.25) is 24.0 Å². The molecule has 9 heteroatoms. The van der Waals surface area contributed by atoms with Crippen LogP contribution in [0.15, 0.2) is 63.4 Å². The molecule has 132 valence electrons. The zero-order chi connectivity index (χ0) is 18.1. The van der Waals surface area contributed by atoms with Crippen LogP contribution in [0.3, 0.4) is 0 Å². The topological polar surface area (TPSA) is 102 Å². The predicted octanol–water partition coefficient (Wildman–Crippen LogP) is 1.08. The minimum absolute atomic E-state index is 0.177. The van der Waals surface area contributed by atoms with Gasteiger partial charge in [-0.05, 0) is 12.1 Å². The van der Waals surface area contributed by atoms with Crippen molar-refractivity contribution in [1.29, 1.82) is 0 Å². The summed E-state index contributed by atoms with van der Waals surface area (Å²) in [6, 6.07) is 11.8. The number of hydrogen-bond donors (Lipinski definition) is 2. The van der Waals surface area contributed by atoms with E-state index >= 15 is 0 Å². The third kappa shape index (κ3) is 3.08. The van der Waals surface area contributed by atoms with E-state index in [0.29, 0.717) is 22.4 Å². The highest BCUT2D eigenvalue weighted by Crippen LogP contribution is 2.25. The van der Waals surface area contributed by atoms with Gasteiger partial charge in [0, 0.05) is 30.6 Å². The zero-order valence-corrected chi connectivity index (χ0v) is 14.4. The summed E-state index contributed by atoms with van der Waals surface area (Å²) < 4.78 is 2.85. The van der Waals surface area contributed by atoms with E-state index in [1.54, 1.807) is 12.1 Å². The fraction of sp³-hybridized carbons (Fsp3) is 0.176. The SMILES string of the molecule is O=C(Nc1cc(=O)n(-c2ccccc2)[nH]1)C1CSc2nccc(=O)n2C1. The highest BCUT2D eigenvalue weighted by Gasteiger charge is 2.27. The van der Waals surface area contributed by atoms with Crippen LogP contribution in [0.2, 0.25) is 0 Å². The molecule has 0 saturated heterocycles. The molecule has 1 amide bonds. The molecule has 3 aromatic rings. The van der Waals surface area contributed by atoms with Crippen molar-refractivity contribution in [1.82, 2.24) is 19.3 Å². The van der Waals surface area contributed by atoms with Crippen molar-refractivity contribution in [2.24, 2.45) is 5.92 Å². The number of fused-ring (bicyclic) bond motifs is 1. The number of benzene rings is 1. The van der Waals surface area contributed by atoms with Crippen molar-refractivity contribution < 1.29 is 4.79 Å². The lowest BCUT2D eigenvalue weighted by Crippen LogP contribution is -2.36. The van der Waals surface area contributed by atoms with Gasteiger partial charge >= 0.3 is 0 Å². The Bertz CT molecular complexity index is 1070. The van der Waals surface area contributed by atoms with Crippen LogP contribution in [0.25, 0.3) is 5.69 Å². The van der Waals surface area contributed by atoms with E-state index < -0.39 is 5.92 Å². The molecule has 1 unspecified atom stereocenters. The Labute approximate surface area is 151 Å². The molecule has 26 heavy (non-hydrogen) atoms. The van der Waals surface area contributed by atoms with Crippen molar-refractivity contribution >= 4 is 23.5 Å². The number of carbonyl (C=O) groups excluding carboxylic acids is 1. The predicted molar refractivity (Wildman–Crippen MR) is 97.7 cm³/mol. The monoisotopic (exact) mass is 369 g/mol. The number of carbonyl (C=O) groups is 1. The van der Waals surface area contributed by atoms with Crippen molar-refractivity contribution in [2.45, 2.75) is 11.7 Å². The molecule has 1 aromatic carbocycles. The van der Waals surface area contributed by atoms with Crippen molar-refractivity contribution in [3.05, 3.63) is 69.4 Å². The van der Waals surface area contributed by atoms with E-state index in [0.717, 1.165) is 0 Å². The average Bonchev–Trinajstić information content (AvgIpc) is 3.02. The molecule has 1 aliphatic rings. The Morgan fingerprint density at radius 3 is 2.81 bits per heavy atom. The second-order valence-electron chi connectivity index (χ2n) is 5.85. The normalized spacial score (nSPS) is 16.1. The highest BCUT2D eigenvalue weighted by atomic mass is 32.2. The van der Waals surface area contributed by atoms with Gasteiger partial charge in [0.1, 0.15) is 5.82 Å². The van der Waals surface area contributed by atoms with Gasteiger partial charge in [-0.1, -0.05) is 30.0 Å². The van der Waals surface area contributed by atoms with Gasteiger partial charge in [-0.2, -0.15) is 0 Å². The first-order valence-corrected chi connectivity index (χ1v) is 8.97. The van der Waals surface area contributed by atoms with E-state index in [2.05, 4.69) is 15.4 Å². The van der Waals surface area contributed by atoms with Gasteiger partial charge in [0.2, 0.25) is 5.91 Å². The second-order valence-corrected chi connectivity index (χ2v) is 6.84. The molecule has 0 aliphatic carbocycles. The minimum Gasteiger partial charge on any atom is -0.311 e. The molecule has 2 aromatic heterocycles. The number of para-hydroxylation sites is 1. The molecule has 8 nitrogen and oxygen atoms in total. The summed E-state index contributed by atoms with van der Waals surface area (Å²) in [6.45, 7) is 0.268. The van der Waals surface area contributed by atoms with Crippen LogP contribution in [-0.2, 0) is 11.3 Å². The van der Waals surface area contributed by atoms with Gasteiger partial charge < -0.3 is 5.32 Å². The van der Waals surface area contributed by atoms with Crippen LogP contribution in [0.4, 0.5) is 5.82 Å². The zero-order valence-electron chi connectivity index (χ0n) is 13.6. The average molecular weight is 369 g/mol. The summed E-state index contributed by atoms with van der Waals surface area (Å²) in [6.07, 6.45) is 1.47. The van der Waals surface area contributed by atoms with Crippen LogP contribution in [0.1, 0.15) is 0 Å². The van der Waals surface area contributed by atoms with Gasteiger partial charge in [-0.25, -0.2) is 9.67 Å². The number of aromatic amines is 1. The van der Waals surface area contributed by atoms with Gasteiger partial charge in [0.25, 0.3) is 11.1 Å². The minimum atomic E-state index is -0.391. The van der Waals surface area contributed by atoms with Crippen molar-refractivity contribution in [3.63, 3.8) is 0 Å². The fourth-order valence-electron chi connectivity index (χ4n) is 2.77. The summed E-state index contributed by atoms with van der Waals surface area (Å²) in [7, 11) is 0. The van der Waals surface area contributed by atoms with E-state index in [1.165, 1.54) is 39.3 Å². The first-order chi connectivity index (χ1) is 12.6. The molecule has 0 fully saturated rings. The molecule has 1 aliphatic heterocycles. The fourth-order valence-corrected chi connectivity index (χ4v) is 3.84. The molecule has 0 radical (unpaired) electrons. The Balaban J connectivity index is 1.52. The van der Waals surface area contributed by atoms with Gasteiger partial charge in [0.15, 0.2) is 5.16 Å². The first kappa shape index (κ1) is 16.4. The molecule has 0 bridgehead atoms. The van der Waals surface area contributed by atoms with Crippen LogP contribution >= 0.6 is 11.8 Å². The highest BCUT2D eigenvalue weighted by molar-refractivity contribution is 7.99. The summed E-state index contributed by atoms with van der Waals surface area (Å²) >= 11 is 1.37. The van der Waals surface area contributed by atoms with E-state index in [1.807, 2.05) is 18.2 Å². The van der Waals surface area contributed by atoms with Crippen molar-refractivity contribution in [3.8, 4) is 5.69 Å². The lowest BCUT2D eigenvalue weighted by molar-refractivity contribution is -0.119. The smallest absolute Gasteiger partial charge is 0.273 e. The number of nitrogens with zero attached hydrogens (tertiary/aromatic N) is 3. The molecule has 3 heterocycles. The molecule has 2 N–H and O–H groups in total. The Kier molecular flexibility index (Phi) is 4.21. The summed E-state index contributed by atoms with van der Waals surface area (Å²) in [5, 5.41) is 6.23. The Morgan fingerprint density at radius 2 is 2.00 bits per heavy atom. The Morgan fingerprint density at radius 1 is 1.19 bits per heavy atom. The quantitative estimate of drug-likeness (QED) is 0.673. The van der Waals surface area contributed by atoms with Crippen LogP contribution in [0.5, 0.6) is 0 Å². The largest absolute Gasteiger partial charge is 0.311 e. The molecular formula is C17H15N5O3S. The maximum Gasteiger partial charge on any atom is 0.273 e. The lowest BCUT2D eigenvalue weighted by Gasteiger charge is -2.23. The number of hydrogen-bond acceptors (Lipinski definition) is 5.